The second-order valence-electron chi connectivity index (χ2n) is 6.36. The molecule has 0 aliphatic carbocycles. The first-order valence-electron chi connectivity index (χ1n) is 8.15. The van der Waals surface area contributed by atoms with E-state index in [1.54, 1.807) is 0 Å². The molecular weight excluding hydrogens is 292 g/mol. The highest BCUT2D eigenvalue weighted by Gasteiger charge is 2.27. The van der Waals surface area contributed by atoms with Crippen molar-refractivity contribution >= 4 is 5.95 Å². The lowest BCUT2D eigenvalue weighted by molar-refractivity contribution is -0.0278. The van der Waals surface area contributed by atoms with Crippen LogP contribution in [0, 0.1) is 5.92 Å². The standard InChI is InChI=1S/C16H26N6O/c1-21(2)16-18-11-14(22(16)3)10-17-7-12-5-4-6-23-15(12)13-8-19-20-9-13/h8-9,11-12,15,17H,4-7,10H2,1-3H3,(H,19,20)/t12-,15+/m0/s1. The Hall–Kier alpha value is -1.86. The lowest BCUT2D eigenvalue weighted by atomic mass is 9.91. The van der Waals surface area contributed by atoms with Crippen LogP contribution >= 0.6 is 0 Å². The summed E-state index contributed by atoms with van der Waals surface area (Å²) in [5.74, 6) is 1.45. The number of aromatic amines is 1. The molecule has 0 unspecified atom stereocenters. The first kappa shape index (κ1) is 16.0. The Morgan fingerprint density at radius 2 is 2.30 bits per heavy atom. The number of hydrogen-bond donors (Lipinski definition) is 2. The molecular formula is C16H26N6O. The monoisotopic (exact) mass is 318 g/mol. The Kier molecular flexibility index (Phi) is 4.97. The van der Waals surface area contributed by atoms with E-state index in [2.05, 4.69) is 32.1 Å². The zero-order chi connectivity index (χ0) is 16.2. The molecule has 7 nitrogen and oxygen atoms in total. The van der Waals surface area contributed by atoms with Gasteiger partial charge in [0.25, 0.3) is 0 Å². The van der Waals surface area contributed by atoms with Crippen molar-refractivity contribution in [2.75, 3.05) is 32.1 Å². The van der Waals surface area contributed by atoms with Crippen LogP contribution in [-0.4, -0.2) is 47.0 Å². The zero-order valence-electron chi connectivity index (χ0n) is 14.1. The molecule has 2 aromatic heterocycles. The highest BCUT2D eigenvalue weighted by molar-refractivity contribution is 5.30. The van der Waals surface area contributed by atoms with Gasteiger partial charge < -0.3 is 19.5 Å². The Labute approximate surface area is 137 Å². The van der Waals surface area contributed by atoms with Gasteiger partial charge in [-0.15, -0.1) is 0 Å². The third-order valence-corrected chi connectivity index (χ3v) is 4.47. The quantitative estimate of drug-likeness (QED) is 0.844. The fourth-order valence-corrected chi connectivity index (χ4v) is 3.24. The van der Waals surface area contributed by atoms with Gasteiger partial charge in [-0.2, -0.15) is 5.10 Å². The van der Waals surface area contributed by atoms with E-state index < -0.39 is 0 Å². The molecule has 7 heteroatoms. The normalized spacial score (nSPS) is 21.5. The average molecular weight is 318 g/mol. The van der Waals surface area contributed by atoms with Crippen LogP contribution in [0.3, 0.4) is 0 Å². The van der Waals surface area contributed by atoms with E-state index in [0.717, 1.165) is 37.6 Å². The largest absolute Gasteiger partial charge is 0.373 e. The van der Waals surface area contributed by atoms with Crippen molar-refractivity contribution in [2.24, 2.45) is 13.0 Å². The zero-order valence-corrected chi connectivity index (χ0v) is 14.1. The molecule has 0 spiro atoms. The SMILES string of the molecule is CN(C)c1ncc(CNC[C@@H]2CCCO[C@H]2c2cn[nH]c2)n1C. The summed E-state index contributed by atoms with van der Waals surface area (Å²) in [5.41, 5.74) is 2.33. The van der Waals surface area contributed by atoms with Crippen LogP contribution in [0.15, 0.2) is 18.6 Å². The molecule has 2 N–H and O–H groups in total. The maximum atomic E-state index is 5.97. The van der Waals surface area contributed by atoms with Crippen molar-refractivity contribution in [1.29, 1.82) is 0 Å². The maximum absolute atomic E-state index is 5.97. The van der Waals surface area contributed by atoms with Crippen LogP contribution in [0.2, 0.25) is 0 Å². The average Bonchev–Trinajstić information content (AvgIpc) is 3.18. The first-order chi connectivity index (χ1) is 11.2. The molecule has 1 fully saturated rings. The molecule has 1 aliphatic rings. The molecule has 0 aromatic carbocycles. The lowest BCUT2D eigenvalue weighted by Gasteiger charge is -2.31. The minimum Gasteiger partial charge on any atom is -0.373 e. The van der Waals surface area contributed by atoms with Gasteiger partial charge in [0.1, 0.15) is 0 Å². The number of H-pyrrole nitrogens is 1. The number of nitrogens with zero attached hydrogens (tertiary/aromatic N) is 4. The van der Waals surface area contributed by atoms with E-state index in [9.17, 15) is 0 Å². The predicted molar refractivity (Wildman–Crippen MR) is 89.2 cm³/mol. The van der Waals surface area contributed by atoms with Gasteiger partial charge in [0.05, 0.1) is 24.2 Å². The van der Waals surface area contributed by atoms with Gasteiger partial charge in [-0.3, -0.25) is 5.10 Å². The van der Waals surface area contributed by atoms with Crippen LogP contribution in [-0.2, 0) is 18.3 Å². The summed E-state index contributed by atoms with van der Waals surface area (Å²) >= 11 is 0. The number of rotatable bonds is 6. The van der Waals surface area contributed by atoms with Crippen molar-refractivity contribution in [3.8, 4) is 0 Å². The molecule has 126 valence electrons. The fraction of sp³-hybridized carbons (Fsp3) is 0.625. The molecule has 1 saturated heterocycles. The smallest absolute Gasteiger partial charge is 0.204 e. The minimum absolute atomic E-state index is 0.138. The first-order valence-corrected chi connectivity index (χ1v) is 8.15. The molecule has 1 aliphatic heterocycles. The van der Waals surface area contributed by atoms with Crippen LogP contribution in [0.25, 0.3) is 0 Å². The highest BCUT2D eigenvalue weighted by Crippen LogP contribution is 2.32. The summed E-state index contributed by atoms with van der Waals surface area (Å²) in [7, 11) is 6.07. The van der Waals surface area contributed by atoms with Gasteiger partial charge in [0.2, 0.25) is 5.95 Å². The van der Waals surface area contributed by atoms with E-state index in [1.807, 2.05) is 37.6 Å². The van der Waals surface area contributed by atoms with Gasteiger partial charge in [-0.1, -0.05) is 0 Å². The van der Waals surface area contributed by atoms with Crippen molar-refractivity contribution in [2.45, 2.75) is 25.5 Å². The predicted octanol–water partition coefficient (Wildman–Crippen LogP) is 1.47. The second kappa shape index (κ2) is 7.14. The van der Waals surface area contributed by atoms with Gasteiger partial charge in [0, 0.05) is 58.5 Å². The molecule has 3 rings (SSSR count). The van der Waals surface area contributed by atoms with Crippen LogP contribution in [0.4, 0.5) is 5.95 Å². The summed E-state index contributed by atoms with van der Waals surface area (Å²) in [6.45, 7) is 2.57. The minimum atomic E-state index is 0.138. The van der Waals surface area contributed by atoms with Crippen molar-refractivity contribution in [1.82, 2.24) is 25.1 Å². The van der Waals surface area contributed by atoms with Crippen LogP contribution in [0.1, 0.15) is 30.2 Å². The van der Waals surface area contributed by atoms with E-state index in [0.29, 0.717) is 5.92 Å². The number of imidazole rings is 1. The highest BCUT2D eigenvalue weighted by atomic mass is 16.5. The van der Waals surface area contributed by atoms with E-state index in [4.69, 9.17) is 4.74 Å². The summed E-state index contributed by atoms with van der Waals surface area (Å²) in [5, 5.41) is 10.5. The van der Waals surface area contributed by atoms with Crippen molar-refractivity contribution in [3.63, 3.8) is 0 Å². The summed E-state index contributed by atoms with van der Waals surface area (Å²) in [4.78, 5) is 6.47. The second-order valence-corrected chi connectivity index (χ2v) is 6.36. The summed E-state index contributed by atoms with van der Waals surface area (Å²) in [6, 6.07) is 0. The number of hydrogen-bond acceptors (Lipinski definition) is 5. The van der Waals surface area contributed by atoms with Crippen molar-refractivity contribution in [3.05, 3.63) is 29.8 Å². The van der Waals surface area contributed by atoms with Crippen molar-refractivity contribution < 1.29 is 4.74 Å². The summed E-state index contributed by atoms with van der Waals surface area (Å²) in [6.07, 6.45) is 8.18. The third-order valence-electron chi connectivity index (χ3n) is 4.47. The van der Waals surface area contributed by atoms with Crippen LogP contribution < -0.4 is 10.2 Å². The van der Waals surface area contributed by atoms with Gasteiger partial charge in [-0.25, -0.2) is 4.98 Å². The molecule has 3 heterocycles. The van der Waals surface area contributed by atoms with E-state index >= 15 is 0 Å². The van der Waals surface area contributed by atoms with Gasteiger partial charge in [-0.05, 0) is 12.8 Å². The van der Waals surface area contributed by atoms with Gasteiger partial charge in [0.15, 0.2) is 0 Å². The number of nitrogens with one attached hydrogen (secondary N) is 2. The Morgan fingerprint density at radius 3 is 3.00 bits per heavy atom. The lowest BCUT2D eigenvalue weighted by Crippen LogP contribution is -2.32. The number of aromatic nitrogens is 4. The molecule has 0 bridgehead atoms. The summed E-state index contributed by atoms with van der Waals surface area (Å²) < 4.78 is 8.10. The number of anilines is 1. The Balaban J connectivity index is 1.57. The molecule has 2 aromatic rings. The topological polar surface area (TPSA) is 71.0 Å². The molecule has 23 heavy (non-hydrogen) atoms. The third kappa shape index (κ3) is 3.56. The van der Waals surface area contributed by atoms with E-state index in [-0.39, 0.29) is 6.10 Å². The molecule has 2 atom stereocenters. The van der Waals surface area contributed by atoms with Crippen LogP contribution in [0.5, 0.6) is 0 Å². The molecule has 0 amide bonds. The van der Waals surface area contributed by atoms with E-state index in [1.165, 1.54) is 12.1 Å². The fourth-order valence-electron chi connectivity index (χ4n) is 3.24. The Morgan fingerprint density at radius 1 is 1.43 bits per heavy atom. The molecule has 0 radical (unpaired) electrons. The Bertz CT molecular complexity index is 606. The maximum Gasteiger partial charge on any atom is 0.204 e. The number of ether oxygens (including phenoxy) is 1. The molecule has 0 saturated carbocycles. The van der Waals surface area contributed by atoms with Gasteiger partial charge >= 0.3 is 0 Å².